The van der Waals surface area contributed by atoms with Gasteiger partial charge in [0.05, 0.1) is 6.42 Å². The van der Waals surface area contributed by atoms with Crippen molar-refractivity contribution in [3.05, 3.63) is 0 Å². The van der Waals surface area contributed by atoms with Gasteiger partial charge in [-0.25, -0.2) is 4.79 Å². The van der Waals surface area contributed by atoms with Crippen LogP contribution in [0.4, 0.5) is 0 Å². The normalized spacial score (nSPS) is 15.7. The van der Waals surface area contributed by atoms with E-state index in [1.807, 2.05) is 5.92 Å². The first-order valence-electron chi connectivity index (χ1n) is 2.19. The van der Waals surface area contributed by atoms with Gasteiger partial charge in [-0.05, 0) is 0 Å². The topological polar surface area (TPSA) is 83.5 Å². The number of carbonyl (C=O) groups is 1. The highest BCUT2D eigenvalue weighted by molar-refractivity contribution is 5.76. The van der Waals surface area contributed by atoms with Gasteiger partial charge < -0.3 is 10.2 Å². The minimum absolute atomic E-state index is 0.387. The molecule has 50 valence electrons. The summed E-state index contributed by atoms with van der Waals surface area (Å²) in [5.74, 6) is 0.420. The zero-order chi connectivity index (χ0) is 7.49. The van der Waals surface area contributed by atoms with Crippen LogP contribution in [0.3, 0.4) is 0 Å². The molecule has 0 unspecified atom stereocenters. The Kier molecular flexibility index (Phi) is 2.20. The van der Waals surface area contributed by atoms with Crippen LogP contribution in [0.2, 0.25) is 0 Å². The molecular formula is C5H7NO3. The first-order valence-corrected chi connectivity index (χ1v) is 2.19. The van der Waals surface area contributed by atoms with Crippen LogP contribution in [0.25, 0.3) is 0 Å². The van der Waals surface area contributed by atoms with Gasteiger partial charge >= 0.3 is 5.97 Å². The van der Waals surface area contributed by atoms with E-state index in [2.05, 4.69) is 0 Å². The minimum Gasteiger partial charge on any atom is -0.478 e. The Hall–Kier alpha value is -1.05. The van der Waals surface area contributed by atoms with Gasteiger partial charge in [0.2, 0.25) is 5.72 Å². The van der Waals surface area contributed by atoms with Crippen molar-refractivity contribution < 1.29 is 15.0 Å². The molecule has 0 radical (unpaired) electrons. The maximum Gasteiger partial charge on any atom is 0.352 e. The number of rotatable bonds is 2. The highest BCUT2D eigenvalue weighted by Gasteiger charge is 2.29. The fourth-order valence-corrected chi connectivity index (χ4v) is 0.231. The quantitative estimate of drug-likeness (QED) is 0.321. The van der Waals surface area contributed by atoms with Crippen molar-refractivity contribution >= 4 is 5.97 Å². The summed E-state index contributed by atoms with van der Waals surface area (Å²) in [5.41, 5.74) is 2.51. The maximum atomic E-state index is 9.94. The summed E-state index contributed by atoms with van der Waals surface area (Å²) in [6, 6.07) is 0. The fraction of sp³-hybridized carbons (Fsp3) is 0.400. The van der Waals surface area contributed by atoms with Crippen LogP contribution in [0, 0.1) is 12.3 Å². The number of aliphatic carboxylic acids is 1. The molecule has 0 saturated heterocycles. The van der Waals surface area contributed by atoms with Gasteiger partial charge in [0, 0.05) is 0 Å². The van der Waals surface area contributed by atoms with Gasteiger partial charge in [0.25, 0.3) is 0 Å². The lowest BCUT2D eigenvalue weighted by atomic mass is 10.2. The summed E-state index contributed by atoms with van der Waals surface area (Å²) in [4.78, 5) is 9.94. The van der Waals surface area contributed by atoms with Crippen LogP contribution < -0.4 is 5.73 Å². The summed E-state index contributed by atoms with van der Waals surface area (Å²) >= 11 is 0. The number of terminal acetylenes is 1. The van der Waals surface area contributed by atoms with E-state index in [0.29, 0.717) is 0 Å². The van der Waals surface area contributed by atoms with Gasteiger partial charge in [0.15, 0.2) is 0 Å². The van der Waals surface area contributed by atoms with Gasteiger partial charge in [-0.3, -0.25) is 5.73 Å². The lowest BCUT2D eigenvalue weighted by Crippen LogP contribution is -2.47. The molecule has 9 heavy (non-hydrogen) atoms. The molecule has 0 aromatic rings. The summed E-state index contributed by atoms with van der Waals surface area (Å²) in [7, 11) is 0. The van der Waals surface area contributed by atoms with E-state index >= 15 is 0 Å². The van der Waals surface area contributed by atoms with Crippen LogP contribution in [0.5, 0.6) is 0 Å². The number of aliphatic hydroxyl groups is 1. The van der Waals surface area contributed by atoms with Crippen LogP contribution >= 0.6 is 0 Å². The van der Waals surface area contributed by atoms with E-state index in [0.717, 1.165) is 0 Å². The first-order chi connectivity index (χ1) is 4.00. The van der Waals surface area contributed by atoms with Crippen molar-refractivity contribution in [1.29, 1.82) is 0 Å². The van der Waals surface area contributed by atoms with E-state index < -0.39 is 11.7 Å². The molecule has 0 rings (SSSR count). The second-order valence-electron chi connectivity index (χ2n) is 1.61. The molecule has 1 atom stereocenters. The zero-order valence-corrected chi connectivity index (χ0v) is 4.66. The molecule has 4 nitrogen and oxygen atoms in total. The van der Waals surface area contributed by atoms with Crippen LogP contribution in [0.1, 0.15) is 6.42 Å². The SMILES string of the molecule is C#CC[C@](N)(O)C(=O)O. The minimum atomic E-state index is -2.27. The maximum absolute atomic E-state index is 9.94. The lowest BCUT2D eigenvalue weighted by molar-refractivity contribution is -0.157. The summed E-state index contributed by atoms with van der Waals surface area (Å²) in [5, 5.41) is 16.7. The predicted octanol–water partition coefficient (Wildman–Crippen LogP) is -1.26. The molecule has 0 aliphatic heterocycles. The van der Waals surface area contributed by atoms with Crippen LogP contribution in [0.15, 0.2) is 0 Å². The van der Waals surface area contributed by atoms with Crippen molar-refractivity contribution in [3.63, 3.8) is 0 Å². The van der Waals surface area contributed by atoms with Gasteiger partial charge in [-0.1, -0.05) is 0 Å². The molecule has 0 aliphatic rings. The third kappa shape index (κ3) is 2.13. The second kappa shape index (κ2) is 2.49. The van der Waals surface area contributed by atoms with E-state index in [9.17, 15) is 4.79 Å². The molecule has 0 spiro atoms. The Morgan fingerprint density at radius 2 is 2.33 bits per heavy atom. The van der Waals surface area contributed by atoms with Crippen molar-refractivity contribution in [2.24, 2.45) is 5.73 Å². The van der Waals surface area contributed by atoms with Crippen LogP contribution in [-0.4, -0.2) is 21.9 Å². The summed E-state index contributed by atoms with van der Waals surface area (Å²) < 4.78 is 0. The lowest BCUT2D eigenvalue weighted by Gasteiger charge is -2.12. The zero-order valence-electron chi connectivity index (χ0n) is 4.66. The third-order valence-corrected chi connectivity index (χ3v) is 0.742. The smallest absolute Gasteiger partial charge is 0.352 e. The van der Waals surface area contributed by atoms with Crippen molar-refractivity contribution in [1.82, 2.24) is 0 Å². The summed E-state index contributed by atoms with van der Waals surface area (Å²) in [6.07, 6.45) is 4.31. The Morgan fingerprint density at radius 3 is 2.44 bits per heavy atom. The van der Waals surface area contributed by atoms with Gasteiger partial charge in [-0.15, -0.1) is 12.3 Å². The van der Waals surface area contributed by atoms with E-state index in [-0.39, 0.29) is 6.42 Å². The molecule has 0 fully saturated rings. The second-order valence-corrected chi connectivity index (χ2v) is 1.61. The number of carboxylic acids is 1. The van der Waals surface area contributed by atoms with E-state index in [1.54, 1.807) is 0 Å². The molecular weight excluding hydrogens is 122 g/mol. The molecule has 0 bridgehead atoms. The fourth-order valence-electron chi connectivity index (χ4n) is 0.231. The Morgan fingerprint density at radius 1 is 1.89 bits per heavy atom. The van der Waals surface area contributed by atoms with Gasteiger partial charge in [0.1, 0.15) is 0 Å². The average molecular weight is 129 g/mol. The van der Waals surface area contributed by atoms with E-state index in [1.165, 1.54) is 0 Å². The summed E-state index contributed by atoms with van der Waals surface area (Å²) in [6.45, 7) is 0. The first kappa shape index (κ1) is 7.95. The molecule has 0 amide bonds. The molecule has 0 saturated carbocycles. The Balaban J connectivity index is 4.06. The number of nitrogens with two attached hydrogens (primary N) is 1. The molecule has 0 heterocycles. The molecule has 4 N–H and O–H groups in total. The largest absolute Gasteiger partial charge is 0.478 e. The Labute approximate surface area is 52.3 Å². The number of carboxylic acid groups (broad SMARTS) is 1. The van der Waals surface area contributed by atoms with E-state index in [4.69, 9.17) is 22.4 Å². The van der Waals surface area contributed by atoms with Crippen molar-refractivity contribution in [2.45, 2.75) is 12.1 Å². The third-order valence-electron chi connectivity index (χ3n) is 0.742. The van der Waals surface area contributed by atoms with Crippen molar-refractivity contribution in [3.8, 4) is 12.3 Å². The van der Waals surface area contributed by atoms with Crippen molar-refractivity contribution in [2.75, 3.05) is 0 Å². The number of hydrogen-bond donors (Lipinski definition) is 3. The Bertz CT molecular complexity index is 156. The van der Waals surface area contributed by atoms with Gasteiger partial charge in [-0.2, -0.15) is 0 Å². The molecule has 0 aliphatic carbocycles. The molecule has 0 aromatic carbocycles. The average Bonchev–Trinajstić information content (AvgIpc) is 1.65. The number of hydrogen-bond acceptors (Lipinski definition) is 3. The molecule has 4 heteroatoms. The predicted molar refractivity (Wildman–Crippen MR) is 30.2 cm³/mol. The molecule has 0 aromatic heterocycles. The standard InChI is InChI=1S/C5H7NO3/c1-2-3-5(6,9)4(7)8/h1,9H,3,6H2,(H,7,8)/t5-/m0/s1. The highest BCUT2D eigenvalue weighted by atomic mass is 16.4. The van der Waals surface area contributed by atoms with Crippen LogP contribution in [-0.2, 0) is 4.79 Å². The monoisotopic (exact) mass is 129 g/mol. The highest BCUT2D eigenvalue weighted by Crippen LogP contribution is 1.98.